The smallest absolute Gasteiger partial charge is 0.243 e. The first kappa shape index (κ1) is 17.4. The molecule has 0 saturated heterocycles. The van der Waals surface area contributed by atoms with E-state index in [1.54, 1.807) is 0 Å². The van der Waals surface area contributed by atoms with Gasteiger partial charge in [-0.05, 0) is 20.0 Å². The number of nitrogens with two attached hydrogens (primary N) is 1. The molecule has 8 heteroatoms. The fraction of sp³-hybridized carbons (Fsp3) is 0.769. The summed E-state index contributed by atoms with van der Waals surface area (Å²) < 4.78 is 0. The molecular formula is C13H28N8. The van der Waals surface area contributed by atoms with E-state index in [1.807, 2.05) is 19.0 Å². The molecule has 0 fully saturated rings. The first-order valence-corrected chi connectivity index (χ1v) is 7.13. The molecule has 0 bridgehead atoms. The van der Waals surface area contributed by atoms with Crippen LogP contribution in [0.4, 0.5) is 17.8 Å². The van der Waals surface area contributed by atoms with Gasteiger partial charge >= 0.3 is 0 Å². The molecule has 1 aromatic rings. The lowest BCUT2D eigenvalue weighted by molar-refractivity contribution is 0.407. The van der Waals surface area contributed by atoms with E-state index in [1.165, 1.54) is 0 Å². The molecule has 1 aromatic heterocycles. The molecule has 3 N–H and O–H groups in total. The molecule has 0 aliphatic heterocycles. The van der Waals surface area contributed by atoms with E-state index in [-0.39, 0.29) is 0 Å². The molecule has 120 valence electrons. The minimum absolute atomic E-state index is 0.377. The van der Waals surface area contributed by atoms with Crippen LogP contribution in [0.3, 0.4) is 0 Å². The number of hydrogen-bond donors (Lipinski definition) is 2. The highest BCUT2D eigenvalue weighted by Crippen LogP contribution is 2.16. The van der Waals surface area contributed by atoms with Gasteiger partial charge in [-0.2, -0.15) is 15.0 Å². The molecule has 0 amide bonds. The number of hydrogen-bond acceptors (Lipinski definition) is 8. The van der Waals surface area contributed by atoms with E-state index in [0.29, 0.717) is 23.8 Å². The summed E-state index contributed by atoms with van der Waals surface area (Å²) in [5, 5.41) is 0. The maximum Gasteiger partial charge on any atom is 0.243 e. The van der Waals surface area contributed by atoms with Crippen molar-refractivity contribution in [2.45, 2.75) is 13.8 Å². The molecule has 8 nitrogen and oxygen atoms in total. The molecule has 21 heavy (non-hydrogen) atoms. The Morgan fingerprint density at radius 1 is 1.00 bits per heavy atom. The van der Waals surface area contributed by atoms with Gasteiger partial charge in [-0.25, -0.2) is 5.84 Å². The van der Waals surface area contributed by atoms with Gasteiger partial charge in [0.25, 0.3) is 0 Å². The van der Waals surface area contributed by atoms with Crippen LogP contribution in [0.25, 0.3) is 0 Å². The summed E-state index contributed by atoms with van der Waals surface area (Å²) in [6.07, 6.45) is 0. The lowest BCUT2D eigenvalue weighted by Gasteiger charge is -2.27. The van der Waals surface area contributed by atoms with E-state index < -0.39 is 0 Å². The van der Waals surface area contributed by atoms with Crippen LogP contribution in [-0.2, 0) is 0 Å². The van der Waals surface area contributed by atoms with E-state index >= 15 is 0 Å². The van der Waals surface area contributed by atoms with Crippen molar-refractivity contribution < 1.29 is 0 Å². The predicted molar refractivity (Wildman–Crippen MR) is 87.6 cm³/mol. The van der Waals surface area contributed by atoms with E-state index in [2.05, 4.69) is 58.1 Å². The number of nitrogens with zero attached hydrogens (tertiary/aromatic N) is 6. The summed E-state index contributed by atoms with van der Waals surface area (Å²) >= 11 is 0. The molecule has 1 rings (SSSR count). The van der Waals surface area contributed by atoms with Crippen LogP contribution in [0.1, 0.15) is 13.8 Å². The van der Waals surface area contributed by atoms with E-state index in [0.717, 1.165) is 19.6 Å². The maximum absolute atomic E-state index is 5.46. The van der Waals surface area contributed by atoms with Crippen LogP contribution < -0.4 is 21.1 Å². The van der Waals surface area contributed by atoms with Crippen LogP contribution in [0.5, 0.6) is 0 Å². The Kier molecular flexibility index (Phi) is 6.57. The van der Waals surface area contributed by atoms with Gasteiger partial charge in [0.1, 0.15) is 0 Å². The van der Waals surface area contributed by atoms with Crippen molar-refractivity contribution in [2.75, 3.05) is 63.1 Å². The van der Waals surface area contributed by atoms with Crippen LogP contribution in [-0.4, -0.2) is 67.7 Å². The average molecular weight is 296 g/mol. The third-order valence-electron chi connectivity index (χ3n) is 2.83. The summed E-state index contributed by atoms with van der Waals surface area (Å²) in [6.45, 7) is 7.03. The number of aromatic nitrogens is 3. The summed E-state index contributed by atoms with van der Waals surface area (Å²) in [7, 11) is 7.90. The molecule has 0 aliphatic rings. The second-order valence-electron chi connectivity index (χ2n) is 5.94. The summed E-state index contributed by atoms with van der Waals surface area (Å²) in [6, 6.07) is 0. The molecule has 0 aromatic carbocycles. The van der Waals surface area contributed by atoms with Crippen molar-refractivity contribution in [1.82, 2.24) is 19.9 Å². The highest BCUT2D eigenvalue weighted by molar-refractivity contribution is 5.44. The van der Waals surface area contributed by atoms with Gasteiger partial charge in [0, 0.05) is 33.7 Å². The van der Waals surface area contributed by atoms with Crippen molar-refractivity contribution in [2.24, 2.45) is 11.8 Å². The minimum Gasteiger partial charge on any atom is -0.347 e. The third kappa shape index (κ3) is 5.68. The number of hydrazine groups is 1. The van der Waals surface area contributed by atoms with Gasteiger partial charge in [-0.3, -0.25) is 5.43 Å². The van der Waals surface area contributed by atoms with Gasteiger partial charge in [0.2, 0.25) is 17.8 Å². The van der Waals surface area contributed by atoms with Gasteiger partial charge < -0.3 is 14.7 Å². The number of nitrogen functional groups attached to an aromatic ring is 1. The lowest BCUT2D eigenvalue weighted by Crippen LogP contribution is -2.36. The van der Waals surface area contributed by atoms with Crippen molar-refractivity contribution >= 4 is 17.8 Å². The Balaban J connectivity index is 3.06. The number of rotatable bonds is 8. The molecule has 0 aliphatic carbocycles. The summed E-state index contributed by atoms with van der Waals surface area (Å²) in [5.74, 6) is 7.59. The molecule has 0 unspecified atom stereocenters. The lowest BCUT2D eigenvalue weighted by atomic mass is 10.2. The molecule has 0 spiro atoms. The van der Waals surface area contributed by atoms with Crippen molar-refractivity contribution in [3.8, 4) is 0 Å². The third-order valence-corrected chi connectivity index (χ3v) is 2.83. The van der Waals surface area contributed by atoms with Gasteiger partial charge in [-0.1, -0.05) is 13.8 Å². The quantitative estimate of drug-likeness (QED) is 0.521. The molecular weight excluding hydrogens is 268 g/mol. The van der Waals surface area contributed by atoms with Crippen LogP contribution in [0, 0.1) is 5.92 Å². The first-order valence-electron chi connectivity index (χ1n) is 7.13. The summed E-state index contributed by atoms with van der Waals surface area (Å²) in [5.41, 5.74) is 2.51. The van der Waals surface area contributed by atoms with Crippen molar-refractivity contribution in [1.29, 1.82) is 0 Å². The molecule has 1 heterocycles. The molecule has 0 saturated carbocycles. The average Bonchev–Trinajstić information content (AvgIpc) is 2.42. The second kappa shape index (κ2) is 7.94. The number of anilines is 3. The fourth-order valence-electron chi connectivity index (χ4n) is 1.79. The van der Waals surface area contributed by atoms with Gasteiger partial charge in [-0.15, -0.1) is 0 Å². The Morgan fingerprint density at radius 3 is 2.10 bits per heavy atom. The topological polar surface area (TPSA) is 86.4 Å². The Bertz CT molecular complexity index is 432. The normalized spacial score (nSPS) is 11.1. The Labute approximate surface area is 127 Å². The fourth-order valence-corrected chi connectivity index (χ4v) is 1.79. The highest BCUT2D eigenvalue weighted by atomic mass is 15.4. The number of likely N-dealkylation sites (N-methyl/N-ethyl adjacent to an activating group) is 1. The predicted octanol–water partition coefficient (Wildman–Crippen LogP) is 0.247. The summed E-state index contributed by atoms with van der Waals surface area (Å²) in [4.78, 5) is 19.3. The standard InChI is InChI=1S/C13H28N8/c1-10(2)9-21(8-7-19(3)4)13-16-11(18-14)15-12(17-13)20(5)6/h10H,7-9,14H2,1-6H3,(H,15,16,17,18). The van der Waals surface area contributed by atoms with Crippen LogP contribution in [0.15, 0.2) is 0 Å². The largest absolute Gasteiger partial charge is 0.347 e. The Hall–Kier alpha value is -1.67. The van der Waals surface area contributed by atoms with E-state index in [9.17, 15) is 0 Å². The zero-order valence-electron chi connectivity index (χ0n) is 14.0. The van der Waals surface area contributed by atoms with E-state index in [4.69, 9.17) is 5.84 Å². The highest BCUT2D eigenvalue weighted by Gasteiger charge is 2.15. The molecule has 0 radical (unpaired) electrons. The minimum atomic E-state index is 0.377. The monoisotopic (exact) mass is 296 g/mol. The second-order valence-corrected chi connectivity index (χ2v) is 5.94. The van der Waals surface area contributed by atoms with Crippen molar-refractivity contribution in [3.63, 3.8) is 0 Å². The van der Waals surface area contributed by atoms with Gasteiger partial charge in [0.05, 0.1) is 0 Å². The van der Waals surface area contributed by atoms with Gasteiger partial charge in [0.15, 0.2) is 0 Å². The molecule has 0 atom stereocenters. The van der Waals surface area contributed by atoms with Crippen LogP contribution in [0.2, 0.25) is 0 Å². The SMILES string of the molecule is CC(C)CN(CCN(C)C)c1nc(NN)nc(N(C)C)n1. The number of nitrogens with one attached hydrogen (secondary N) is 1. The van der Waals surface area contributed by atoms with Crippen LogP contribution >= 0.6 is 0 Å². The Morgan fingerprint density at radius 2 is 1.62 bits per heavy atom. The zero-order chi connectivity index (χ0) is 16.0. The maximum atomic E-state index is 5.46. The first-order chi connectivity index (χ1) is 9.83. The zero-order valence-corrected chi connectivity index (χ0v) is 14.0. The van der Waals surface area contributed by atoms with Crippen molar-refractivity contribution in [3.05, 3.63) is 0 Å².